The molecule has 1 fully saturated rings. The minimum Gasteiger partial charge on any atom is -0.396 e. The predicted octanol–water partition coefficient (Wildman–Crippen LogP) is 1.43. The zero-order chi connectivity index (χ0) is 12.9. The van der Waals surface area contributed by atoms with Crippen molar-refractivity contribution in [3.05, 3.63) is 0 Å². The third-order valence-corrected chi connectivity index (χ3v) is 3.97. The van der Waals surface area contributed by atoms with Crippen LogP contribution in [0.25, 0.3) is 0 Å². The van der Waals surface area contributed by atoms with Crippen LogP contribution in [-0.2, 0) is 0 Å². The van der Waals surface area contributed by atoms with Gasteiger partial charge in [-0.2, -0.15) is 0 Å². The van der Waals surface area contributed by atoms with Crippen molar-refractivity contribution in [2.45, 2.75) is 39.5 Å². The molecule has 4 nitrogen and oxygen atoms in total. The minimum absolute atomic E-state index is 0.163. The van der Waals surface area contributed by atoms with Gasteiger partial charge in [0.2, 0.25) is 0 Å². The van der Waals surface area contributed by atoms with Gasteiger partial charge in [0.15, 0.2) is 0 Å². The molecular formula is C13H27N3O. The Morgan fingerprint density at radius 1 is 1.41 bits per heavy atom. The van der Waals surface area contributed by atoms with Crippen LogP contribution in [0.3, 0.4) is 0 Å². The lowest BCUT2D eigenvalue weighted by Crippen LogP contribution is -2.36. The Labute approximate surface area is 105 Å². The number of aliphatic hydroxyl groups excluding tert-OH is 1. The first-order valence-corrected chi connectivity index (χ1v) is 6.63. The van der Waals surface area contributed by atoms with E-state index in [0.717, 1.165) is 45.3 Å². The second kappa shape index (κ2) is 6.36. The molecule has 4 heteroatoms. The molecule has 4 N–H and O–H groups in total. The number of nitrogens with two attached hydrogens (primary N) is 1. The Morgan fingerprint density at radius 2 is 2.00 bits per heavy atom. The molecule has 0 atom stereocenters. The van der Waals surface area contributed by atoms with Gasteiger partial charge in [-0.1, -0.05) is 13.8 Å². The van der Waals surface area contributed by atoms with E-state index in [1.807, 2.05) is 13.8 Å². The van der Waals surface area contributed by atoms with Crippen molar-refractivity contribution >= 4 is 5.84 Å². The van der Waals surface area contributed by atoms with E-state index in [-0.39, 0.29) is 11.3 Å². The van der Waals surface area contributed by atoms with Crippen LogP contribution in [0.5, 0.6) is 0 Å². The molecule has 1 saturated heterocycles. The first-order valence-electron chi connectivity index (χ1n) is 6.63. The second-order valence-electron chi connectivity index (χ2n) is 5.87. The number of hydrogen-bond acceptors (Lipinski definition) is 3. The van der Waals surface area contributed by atoms with Gasteiger partial charge in [0.1, 0.15) is 0 Å². The molecule has 1 aliphatic rings. The number of piperidine rings is 1. The first-order chi connectivity index (χ1) is 7.95. The third-order valence-electron chi connectivity index (χ3n) is 3.97. The van der Waals surface area contributed by atoms with E-state index >= 15 is 0 Å². The molecule has 1 aliphatic heterocycles. The van der Waals surface area contributed by atoms with Gasteiger partial charge < -0.3 is 15.7 Å². The molecule has 0 unspecified atom stereocenters. The molecular weight excluding hydrogens is 214 g/mol. The summed E-state index contributed by atoms with van der Waals surface area (Å²) in [4.78, 5) is 2.46. The number of nitrogens with zero attached hydrogens (tertiary/aromatic N) is 1. The Bertz CT molecular complexity index is 245. The molecule has 1 rings (SSSR count). The highest BCUT2D eigenvalue weighted by molar-refractivity contribution is 5.82. The van der Waals surface area contributed by atoms with Crippen molar-refractivity contribution in [2.24, 2.45) is 17.1 Å². The van der Waals surface area contributed by atoms with Gasteiger partial charge in [-0.3, -0.25) is 5.41 Å². The number of amidine groups is 1. The van der Waals surface area contributed by atoms with E-state index in [1.54, 1.807) is 0 Å². The maximum Gasteiger partial charge on any atom is 0.0963 e. The molecule has 17 heavy (non-hydrogen) atoms. The normalized spacial score (nSPS) is 19.5. The van der Waals surface area contributed by atoms with Crippen molar-refractivity contribution in [3.8, 4) is 0 Å². The maximum absolute atomic E-state index is 9.07. The molecule has 0 aromatic carbocycles. The molecule has 0 aromatic rings. The maximum atomic E-state index is 9.07. The van der Waals surface area contributed by atoms with Crippen molar-refractivity contribution in [2.75, 3.05) is 26.2 Å². The summed E-state index contributed by atoms with van der Waals surface area (Å²) >= 11 is 0. The van der Waals surface area contributed by atoms with Gasteiger partial charge in [0.05, 0.1) is 5.84 Å². The summed E-state index contributed by atoms with van der Waals surface area (Å²) in [5, 5.41) is 16.6. The van der Waals surface area contributed by atoms with E-state index in [9.17, 15) is 0 Å². The van der Waals surface area contributed by atoms with Crippen molar-refractivity contribution in [1.29, 1.82) is 5.41 Å². The molecule has 0 aromatic heterocycles. The van der Waals surface area contributed by atoms with Crippen molar-refractivity contribution in [3.63, 3.8) is 0 Å². The molecule has 0 spiro atoms. The lowest BCUT2D eigenvalue weighted by molar-refractivity contribution is 0.129. The summed E-state index contributed by atoms with van der Waals surface area (Å²) < 4.78 is 0. The van der Waals surface area contributed by atoms with Crippen LogP contribution in [0.4, 0.5) is 0 Å². The molecule has 0 saturated carbocycles. The molecule has 0 radical (unpaired) electrons. The highest BCUT2D eigenvalue weighted by Crippen LogP contribution is 2.23. The Balaban J connectivity index is 2.18. The van der Waals surface area contributed by atoms with Crippen LogP contribution in [0.2, 0.25) is 0 Å². The summed E-state index contributed by atoms with van der Waals surface area (Å²) in [7, 11) is 0. The number of likely N-dealkylation sites (tertiary alicyclic amines) is 1. The number of nitrogens with one attached hydrogen (secondary N) is 1. The fourth-order valence-electron chi connectivity index (χ4n) is 2.27. The largest absolute Gasteiger partial charge is 0.396 e. The lowest BCUT2D eigenvalue weighted by Gasteiger charge is -2.32. The minimum atomic E-state index is -0.163. The standard InChI is InChI=1S/C13H27N3O/c1-13(2,12(14)15)6-3-7-16-8-4-11(10-17)5-9-16/h11,17H,3-10H2,1-2H3,(H3,14,15). The fourth-order valence-corrected chi connectivity index (χ4v) is 2.27. The van der Waals surface area contributed by atoms with Gasteiger partial charge in [0, 0.05) is 12.0 Å². The number of rotatable bonds is 6. The van der Waals surface area contributed by atoms with Crippen LogP contribution >= 0.6 is 0 Å². The second-order valence-corrected chi connectivity index (χ2v) is 5.87. The van der Waals surface area contributed by atoms with Crippen LogP contribution in [0.1, 0.15) is 39.5 Å². The van der Waals surface area contributed by atoms with E-state index in [4.69, 9.17) is 16.2 Å². The first kappa shape index (κ1) is 14.5. The Hall–Kier alpha value is -0.610. The van der Waals surface area contributed by atoms with Gasteiger partial charge in [-0.05, 0) is 51.2 Å². The SMILES string of the molecule is CC(C)(CCCN1CCC(CO)CC1)C(=N)N. The summed E-state index contributed by atoms with van der Waals surface area (Å²) in [6.07, 6.45) is 4.30. The van der Waals surface area contributed by atoms with Gasteiger partial charge in [0.25, 0.3) is 0 Å². The highest BCUT2D eigenvalue weighted by Gasteiger charge is 2.22. The third kappa shape index (κ3) is 4.64. The predicted molar refractivity (Wildman–Crippen MR) is 71.2 cm³/mol. The van der Waals surface area contributed by atoms with Crippen molar-refractivity contribution < 1.29 is 5.11 Å². The molecule has 0 amide bonds. The summed E-state index contributed by atoms with van der Waals surface area (Å²) in [5.74, 6) is 0.802. The molecule has 0 aliphatic carbocycles. The van der Waals surface area contributed by atoms with Crippen LogP contribution < -0.4 is 5.73 Å². The summed E-state index contributed by atoms with van der Waals surface area (Å²) in [6.45, 7) is 7.71. The van der Waals surface area contributed by atoms with Gasteiger partial charge in [-0.25, -0.2) is 0 Å². The molecule has 0 bridgehead atoms. The van der Waals surface area contributed by atoms with E-state index < -0.39 is 0 Å². The van der Waals surface area contributed by atoms with E-state index in [2.05, 4.69) is 4.90 Å². The quantitative estimate of drug-likeness (QED) is 0.486. The van der Waals surface area contributed by atoms with Crippen LogP contribution in [0, 0.1) is 16.7 Å². The topological polar surface area (TPSA) is 73.3 Å². The van der Waals surface area contributed by atoms with Gasteiger partial charge in [-0.15, -0.1) is 0 Å². The number of hydrogen-bond donors (Lipinski definition) is 3. The smallest absolute Gasteiger partial charge is 0.0963 e. The molecule has 1 heterocycles. The summed E-state index contributed by atoms with van der Waals surface area (Å²) in [6, 6.07) is 0. The summed E-state index contributed by atoms with van der Waals surface area (Å²) in [5.41, 5.74) is 5.40. The fraction of sp³-hybridized carbons (Fsp3) is 0.923. The zero-order valence-electron chi connectivity index (χ0n) is 11.2. The van der Waals surface area contributed by atoms with Crippen LogP contribution in [0.15, 0.2) is 0 Å². The number of aliphatic hydroxyl groups is 1. The highest BCUT2D eigenvalue weighted by atomic mass is 16.3. The Kier molecular flexibility index (Phi) is 5.40. The zero-order valence-corrected chi connectivity index (χ0v) is 11.2. The average Bonchev–Trinajstić information content (AvgIpc) is 2.29. The van der Waals surface area contributed by atoms with Crippen LogP contribution in [-0.4, -0.2) is 42.1 Å². The lowest BCUT2D eigenvalue weighted by atomic mass is 9.86. The van der Waals surface area contributed by atoms with Gasteiger partial charge >= 0.3 is 0 Å². The van der Waals surface area contributed by atoms with Crippen molar-refractivity contribution in [1.82, 2.24) is 4.90 Å². The van der Waals surface area contributed by atoms with E-state index in [0.29, 0.717) is 12.5 Å². The molecule has 100 valence electrons. The average molecular weight is 241 g/mol. The monoisotopic (exact) mass is 241 g/mol. The Morgan fingerprint density at radius 3 is 2.47 bits per heavy atom. The van der Waals surface area contributed by atoms with E-state index in [1.165, 1.54) is 0 Å².